The number of aromatic nitrogens is 5. The number of aryl methyl sites for hydroxylation is 2. The normalized spacial score (nSPS) is 12.8. The molecule has 2 rings (SSSR count). The second-order valence-corrected chi connectivity index (χ2v) is 5.14. The van der Waals surface area contributed by atoms with E-state index >= 15 is 0 Å². The first-order valence-electron chi connectivity index (χ1n) is 6.96. The van der Waals surface area contributed by atoms with E-state index in [-0.39, 0.29) is 6.04 Å². The highest BCUT2D eigenvalue weighted by molar-refractivity contribution is 6.31. The summed E-state index contributed by atoms with van der Waals surface area (Å²) in [5, 5.41) is 15.5. The number of nitrogens with one attached hydrogen (secondary N) is 2. The van der Waals surface area contributed by atoms with E-state index < -0.39 is 0 Å². The smallest absolute Gasteiger partial charge is 0.141 e. The molecule has 0 saturated heterocycles. The molecule has 0 aromatic carbocycles. The lowest BCUT2D eigenvalue weighted by atomic mass is 10.1. The van der Waals surface area contributed by atoms with Gasteiger partial charge in [-0.1, -0.05) is 25.4 Å². The molecule has 0 radical (unpaired) electrons. The molecular formula is C13H21ClN6. The van der Waals surface area contributed by atoms with E-state index in [4.69, 9.17) is 11.6 Å². The first kappa shape index (κ1) is 15.0. The molecule has 2 aromatic heterocycles. The van der Waals surface area contributed by atoms with E-state index in [0.29, 0.717) is 0 Å². The van der Waals surface area contributed by atoms with Crippen LogP contribution in [0.5, 0.6) is 0 Å². The zero-order valence-electron chi connectivity index (χ0n) is 12.1. The fraction of sp³-hybridized carbons (Fsp3) is 0.615. The van der Waals surface area contributed by atoms with Crippen molar-refractivity contribution in [1.82, 2.24) is 30.3 Å². The summed E-state index contributed by atoms with van der Waals surface area (Å²) in [7, 11) is 1.93. The largest absolute Gasteiger partial charge is 0.307 e. The van der Waals surface area contributed by atoms with Crippen LogP contribution in [-0.2, 0) is 19.9 Å². The maximum atomic E-state index is 6.41. The second-order valence-electron chi connectivity index (χ2n) is 4.77. The van der Waals surface area contributed by atoms with E-state index in [1.807, 2.05) is 11.7 Å². The molecule has 0 fully saturated rings. The van der Waals surface area contributed by atoms with Crippen LogP contribution in [0.25, 0.3) is 0 Å². The number of hydrogen-bond donors (Lipinski definition) is 2. The summed E-state index contributed by atoms with van der Waals surface area (Å²) < 4.78 is 1.86. The summed E-state index contributed by atoms with van der Waals surface area (Å²) in [5.74, 6) is 0.828. The van der Waals surface area contributed by atoms with Gasteiger partial charge in [0.05, 0.1) is 22.5 Å². The first-order valence-corrected chi connectivity index (χ1v) is 7.34. The van der Waals surface area contributed by atoms with Crippen molar-refractivity contribution in [3.63, 3.8) is 0 Å². The molecule has 110 valence electrons. The highest BCUT2D eigenvalue weighted by Crippen LogP contribution is 2.25. The predicted octanol–water partition coefficient (Wildman–Crippen LogP) is 2.04. The third kappa shape index (κ3) is 3.19. The fourth-order valence-electron chi connectivity index (χ4n) is 2.20. The van der Waals surface area contributed by atoms with Crippen LogP contribution in [-0.4, -0.2) is 31.5 Å². The van der Waals surface area contributed by atoms with Crippen molar-refractivity contribution >= 4 is 11.6 Å². The van der Waals surface area contributed by atoms with Crippen molar-refractivity contribution in [2.45, 2.75) is 39.2 Å². The number of hydrogen-bond acceptors (Lipinski definition) is 4. The van der Waals surface area contributed by atoms with Gasteiger partial charge in [-0.15, -0.1) is 0 Å². The van der Waals surface area contributed by atoms with Crippen molar-refractivity contribution in [2.24, 2.45) is 7.05 Å². The minimum Gasteiger partial charge on any atom is -0.307 e. The van der Waals surface area contributed by atoms with Crippen molar-refractivity contribution in [3.8, 4) is 0 Å². The zero-order chi connectivity index (χ0) is 14.5. The zero-order valence-corrected chi connectivity index (χ0v) is 12.9. The van der Waals surface area contributed by atoms with Gasteiger partial charge in [0.25, 0.3) is 0 Å². The lowest BCUT2D eigenvalue weighted by Crippen LogP contribution is -2.26. The van der Waals surface area contributed by atoms with Crippen LogP contribution < -0.4 is 5.32 Å². The highest BCUT2D eigenvalue weighted by atomic mass is 35.5. The Hall–Kier alpha value is -1.40. The van der Waals surface area contributed by atoms with Crippen molar-refractivity contribution in [1.29, 1.82) is 0 Å². The molecule has 7 heteroatoms. The van der Waals surface area contributed by atoms with Gasteiger partial charge < -0.3 is 5.32 Å². The lowest BCUT2D eigenvalue weighted by molar-refractivity contribution is 0.491. The Morgan fingerprint density at radius 2 is 2.25 bits per heavy atom. The Bertz CT molecular complexity index is 533. The van der Waals surface area contributed by atoms with E-state index in [2.05, 4.69) is 39.4 Å². The van der Waals surface area contributed by atoms with E-state index in [1.165, 1.54) is 6.33 Å². The molecule has 20 heavy (non-hydrogen) atoms. The van der Waals surface area contributed by atoms with Gasteiger partial charge in [-0.3, -0.25) is 9.78 Å². The molecule has 0 aliphatic rings. The molecule has 0 aliphatic heterocycles. The Morgan fingerprint density at radius 3 is 2.80 bits per heavy atom. The van der Waals surface area contributed by atoms with Gasteiger partial charge in [-0.05, 0) is 19.4 Å². The van der Waals surface area contributed by atoms with Gasteiger partial charge in [0.1, 0.15) is 12.2 Å². The van der Waals surface area contributed by atoms with Crippen LogP contribution in [0.1, 0.15) is 43.5 Å². The number of aromatic amines is 1. The molecule has 0 bridgehead atoms. The van der Waals surface area contributed by atoms with E-state index in [1.54, 1.807) is 0 Å². The number of halogens is 1. The van der Waals surface area contributed by atoms with Crippen molar-refractivity contribution < 1.29 is 0 Å². The Labute approximate surface area is 123 Å². The van der Waals surface area contributed by atoms with Crippen LogP contribution in [0.2, 0.25) is 5.02 Å². The predicted molar refractivity (Wildman–Crippen MR) is 78.7 cm³/mol. The third-order valence-corrected chi connectivity index (χ3v) is 3.74. The van der Waals surface area contributed by atoms with Gasteiger partial charge in [0, 0.05) is 13.5 Å². The molecule has 0 amide bonds. The topological polar surface area (TPSA) is 71.4 Å². The number of nitrogens with zero attached hydrogens (tertiary/aromatic N) is 4. The van der Waals surface area contributed by atoms with E-state index in [0.717, 1.165) is 48.0 Å². The molecule has 2 N–H and O–H groups in total. The van der Waals surface area contributed by atoms with Gasteiger partial charge in [0.15, 0.2) is 0 Å². The van der Waals surface area contributed by atoms with Gasteiger partial charge in [-0.25, -0.2) is 4.98 Å². The average molecular weight is 297 g/mol. The molecular weight excluding hydrogens is 276 g/mol. The van der Waals surface area contributed by atoms with Crippen LogP contribution in [0, 0.1) is 0 Å². The van der Waals surface area contributed by atoms with Crippen LogP contribution in [0.3, 0.4) is 0 Å². The maximum Gasteiger partial charge on any atom is 0.141 e. The average Bonchev–Trinajstić information content (AvgIpc) is 3.05. The molecule has 0 spiro atoms. The molecule has 1 unspecified atom stereocenters. The standard InChI is InChI=1S/C13H21ClN6/c1-4-6-15-10(13-16-8-17-18-13)7-11-12(14)9(5-2)19-20(11)3/h8,10,15H,4-7H2,1-3H3,(H,16,17,18). The molecule has 2 aromatic rings. The summed E-state index contributed by atoms with van der Waals surface area (Å²) in [4.78, 5) is 4.25. The number of rotatable bonds is 7. The van der Waals surface area contributed by atoms with Crippen LogP contribution in [0.4, 0.5) is 0 Å². The first-order chi connectivity index (χ1) is 9.67. The minimum atomic E-state index is 0.0649. The molecule has 2 heterocycles. The molecule has 6 nitrogen and oxygen atoms in total. The third-order valence-electron chi connectivity index (χ3n) is 3.30. The fourth-order valence-corrected chi connectivity index (χ4v) is 2.57. The molecule has 0 aliphatic carbocycles. The maximum absolute atomic E-state index is 6.41. The van der Waals surface area contributed by atoms with Crippen LogP contribution >= 0.6 is 11.6 Å². The summed E-state index contributed by atoms with van der Waals surface area (Å²) in [6, 6.07) is 0.0649. The Balaban J connectivity index is 2.21. The van der Waals surface area contributed by atoms with Crippen LogP contribution in [0.15, 0.2) is 6.33 Å². The summed E-state index contributed by atoms with van der Waals surface area (Å²) in [6.07, 6.45) is 4.15. The summed E-state index contributed by atoms with van der Waals surface area (Å²) in [5.41, 5.74) is 1.96. The summed E-state index contributed by atoms with van der Waals surface area (Å²) in [6.45, 7) is 5.11. The highest BCUT2D eigenvalue weighted by Gasteiger charge is 2.20. The second kappa shape index (κ2) is 6.85. The van der Waals surface area contributed by atoms with Gasteiger partial charge >= 0.3 is 0 Å². The quantitative estimate of drug-likeness (QED) is 0.820. The van der Waals surface area contributed by atoms with E-state index in [9.17, 15) is 0 Å². The summed E-state index contributed by atoms with van der Waals surface area (Å²) >= 11 is 6.41. The van der Waals surface area contributed by atoms with Crippen molar-refractivity contribution in [2.75, 3.05) is 6.54 Å². The van der Waals surface area contributed by atoms with Gasteiger partial charge in [-0.2, -0.15) is 10.2 Å². The SMILES string of the molecule is CCCNC(Cc1c(Cl)c(CC)nn1C)c1ncn[nH]1. The molecule has 0 saturated carbocycles. The lowest BCUT2D eigenvalue weighted by Gasteiger charge is -2.16. The number of H-pyrrole nitrogens is 1. The monoisotopic (exact) mass is 296 g/mol. The Kier molecular flexibility index (Phi) is 5.14. The molecule has 1 atom stereocenters. The van der Waals surface area contributed by atoms with Gasteiger partial charge in [0.2, 0.25) is 0 Å². The Morgan fingerprint density at radius 1 is 1.45 bits per heavy atom. The van der Waals surface area contributed by atoms with Crippen molar-refractivity contribution in [3.05, 3.63) is 28.6 Å². The minimum absolute atomic E-state index is 0.0649.